The van der Waals surface area contributed by atoms with Crippen molar-refractivity contribution < 1.29 is 30.6 Å². The minimum absolute atomic E-state index is 0. The Bertz CT molecular complexity index is 178. The highest BCUT2D eigenvalue weighted by Crippen LogP contribution is 2.23. The van der Waals surface area contributed by atoms with Crippen LogP contribution < -0.4 is 5.73 Å². The molecule has 0 fully saturated rings. The Kier molecular flexibility index (Phi) is 11.2. The first-order valence-corrected chi connectivity index (χ1v) is 5.52. The molecule has 8 heteroatoms. The van der Waals surface area contributed by atoms with E-state index in [1.807, 2.05) is 0 Å². The fourth-order valence-electron chi connectivity index (χ4n) is 1.85. The highest BCUT2D eigenvalue weighted by molar-refractivity contribution is 5.85. The highest BCUT2D eigenvalue weighted by Gasteiger charge is 2.32. The maximum atomic E-state index is 9.35. The lowest BCUT2D eigenvalue weighted by Gasteiger charge is -2.34. The molecule has 0 aromatic carbocycles. The van der Waals surface area contributed by atoms with Crippen molar-refractivity contribution in [1.82, 2.24) is 0 Å². The predicted octanol–water partition coefficient (Wildman–Crippen LogP) is -2.66. The lowest BCUT2D eigenvalue weighted by Crippen LogP contribution is -2.49. The van der Waals surface area contributed by atoms with Crippen LogP contribution in [-0.2, 0) is 0 Å². The van der Waals surface area contributed by atoms with Crippen molar-refractivity contribution in [2.75, 3.05) is 19.8 Å². The molecule has 18 heavy (non-hydrogen) atoms. The maximum Gasteiger partial charge on any atom is 0.0788 e. The number of halogens is 1. The van der Waals surface area contributed by atoms with Gasteiger partial charge in [-0.05, 0) is 19.3 Å². The number of aliphatic hydroxyl groups excluding tert-OH is 6. The second-order valence-electron chi connectivity index (χ2n) is 4.48. The average Bonchev–Trinajstić information content (AvgIpc) is 2.27. The van der Waals surface area contributed by atoms with Crippen LogP contribution in [0, 0.1) is 0 Å². The summed E-state index contributed by atoms with van der Waals surface area (Å²) in [4.78, 5) is 0. The molecule has 0 saturated heterocycles. The SMILES string of the molecule is Cl.NC(CC(O)CO)(CC(O)CO)CC(O)CO. The molecule has 0 aromatic rings. The molecular formula is C10H24ClNO6. The summed E-state index contributed by atoms with van der Waals surface area (Å²) in [7, 11) is 0. The van der Waals surface area contributed by atoms with Crippen molar-refractivity contribution in [3.05, 3.63) is 0 Å². The number of hydrogen-bond donors (Lipinski definition) is 7. The largest absolute Gasteiger partial charge is 0.394 e. The third-order valence-electron chi connectivity index (χ3n) is 2.56. The Balaban J connectivity index is 0. The fraction of sp³-hybridized carbons (Fsp3) is 1.00. The van der Waals surface area contributed by atoms with Gasteiger partial charge in [0.2, 0.25) is 0 Å². The zero-order valence-corrected chi connectivity index (χ0v) is 11.0. The normalized spacial score (nSPS) is 19.5. The molecule has 3 unspecified atom stereocenters. The van der Waals surface area contributed by atoms with Crippen molar-refractivity contribution in [3.8, 4) is 0 Å². The van der Waals surface area contributed by atoms with Crippen LogP contribution in [0.5, 0.6) is 0 Å². The quantitative estimate of drug-likeness (QED) is 0.245. The van der Waals surface area contributed by atoms with Gasteiger partial charge in [0, 0.05) is 5.54 Å². The van der Waals surface area contributed by atoms with Crippen LogP contribution in [0.2, 0.25) is 0 Å². The molecule has 0 rings (SSSR count). The van der Waals surface area contributed by atoms with Gasteiger partial charge in [-0.3, -0.25) is 0 Å². The van der Waals surface area contributed by atoms with Gasteiger partial charge in [0.1, 0.15) is 0 Å². The van der Waals surface area contributed by atoms with Crippen molar-refractivity contribution in [3.63, 3.8) is 0 Å². The van der Waals surface area contributed by atoms with E-state index in [-0.39, 0.29) is 31.7 Å². The Morgan fingerprint density at radius 1 is 0.722 bits per heavy atom. The lowest BCUT2D eigenvalue weighted by atomic mass is 9.82. The molecule has 7 nitrogen and oxygen atoms in total. The van der Waals surface area contributed by atoms with E-state index < -0.39 is 43.7 Å². The first kappa shape index (κ1) is 20.3. The minimum atomic E-state index is -1.16. The van der Waals surface area contributed by atoms with E-state index in [0.29, 0.717) is 0 Å². The van der Waals surface area contributed by atoms with Crippen LogP contribution in [0.15, 0.2) is 0 Å². The molecule has 0 spiro atoms. The van der Waals surface area contributed by atoms with E-state index in [0.717, 1.165) is 0 Å². The van der Waals surface area contributed by atoms with E-state index in [1.54, 1.807) is 0 Å². The first-order valence-electron chi connectivity index (χ1n) is 5.52. The summed E-state index contributed by atoms with van der Waals surface area (Å²) in [6.07, 6.45) is -3.35. The van der Waals surface area contributed by atoms with Crippen molar-refractivity contribution >= 4 is 12.4 Å². The van der Waals surface area contributed by atoms with E-state index in [9.17, 15) is 15.3 Å². The molecule has 0 saturated carbocycles. The molecule has 0 aliphatic carbocycles. The summed E-state index contributed by atoms with van der Waals surface area (Å²) >= 11 is 0. The third-order valence-corrected chi connectivity index (χ3v) is 2.56. The molecule has 0 amide bonds. The summed E-state index contributed by atoms with van der Waals surface area (Å²) in [5.41, 5.74) is 4.75. The second kappa shape index (κ2) is 9.88. The summed E-state index contributed by atoms with van der Waals surface area (Å²) in [5.74, 6) is 0. The van der Waals surface area contributed by atoms with Crippen LogP contribution in [0.4, 0.5) is 0 Å². The topological polar surface area (TPSA) is 147 Å². The van der Waals surface area contributed by atoms with E-state index in [4.69, 9.17) is 21.1 Å². The molecule has 112 valence electrons. The van der Waals surface area contributed by atoms with Gasteiger partial charge in [-0.2, -0.15) is 0 Å². The van der Waals surface area contributed by atoms with Gasteiger partial charge in [0.05, 0.1) is 38.1 Å². The van der Waals surface area contributed by atoms with Crippen LogP contribution >= 0.6 is 12.4 Å². The van der Waals surface area contributed by atoms with Gasteiger partial charge in [0.15, 0.2) is 0 Å². The molecule has 0 aliphatic heterocycles. The van der Waals surface area contributed by atoms with Crippen LogP contribution in [0.3, 0.4) is 0 Å². The highest BCUT2D eigenvalue weighted by atomic mass is 35.5. The van der Waals surface area contributed by atoms with Gasteiger partial charge in [-0.25, -0.2) is 0 Å². The van der Waals surface area contributed by atoms with Gasteiger partial charge >= 0.3 is 0 Å². The summed E-state index contributed by atoms with van der Waals surface area (Å²) in [6, 6.07) is 0. The smallest absolute Gasteiger partial charge is 0.0788 e. The van der Waals surface area contributed by atoms with Crippen LogP contribution in [0.25, 0.3) is 0 Å². The predicted molar refractivity (Wildman–Crippen MR) is 67.3 cm³/mol. The Hall–Kier alpha value is 0.01000. The Morgan fingerprint density at radius 2 is 0.944 bits per heavy atom. The monoisotopic (exact) mass is 289 g/mol. The summed E-state index contributed by atoms with van der Waals surface area (Å²) in [5, 5.41) is 54.3. The Labute approximate surface area is 112 Å². The van der Waals surface area contributed by atoms with Gasteiger partial charge in [-0.15, -0.1) is 12.4 Å². The number of rotatable bonds is 9. The zero-order valence-electron chi connectivity index (χ0n) is 10.1. The Morgan fingerprint density at radius 3 is 1.11 bits per heavy atom. The lowest BCUT2D eigenvalue weighted by molar-refractivity contribution is 0.00720. The molecule has 0 aliphatic rings. The zero-order chi connectivity index (χ0) is 13.5. The van der Waals surface area contributed by atoms with Crippen LogP contribution in [0.1, 0.15) is 19.3 Å². The minimum Gasteiger partial charge on any atom is -0.394 e. The summed E-state index contributed by atoms with van der Waals surface area (Å²) in [6.45, 7) is -1.45. The molecule has 0 bridgehead atoms. The van der Waals surface area contributed by atoms with Crippen LogP contribution in [-0.4, -0.2) is 74.3 Å². The van der Waals surface area contributed by atoms with E-state index >= 15 is 0 Å². The van der Waals surface area contributed by atoms with E-state index in [1.165, 1.54) is 0 Å². The molecule has 3 atom stereocenters. The van der Waals surface area contributed by atoms with Gasteiger partial charge in [0.25, 0.3) is 0 Å². The molecule has 8 N–H and O–H groups in total. The fourth-order valence-corrected chi connectivity index (χ4v) is 1.85. The summed E-state index contributed by atoms with van der Waals surface area (Å²) < 4.78 is 0. The molecule has 0 heterocycles. The molecular weight excluding hydrogens is 266 g/mol. The van der Waals surface area contributed by atoms with Gasteiger partial charge in [-0.1, -0.05) is 0 Å². The molecule has 0 aromatic heterocycles. The van der Waals surface area contributed by atoms with Crippen molar-refractivity contribution in [1.29, 1.82) is 0 Å². The standard InChI is InChI=1S/C10H23NO6.ClH/c11-10(1-7(15)4-12,2-8(16)5-13)3-9(17)6-14;/h7-9,12-17H,1-6,11H2;1H. The second-order valence-corrected chi connectivity index (χ2v) is 4.48. The molecule has 0 radical (unpaired) electrons. The van der Waals surface area contributed by atoms with Crippen molar-refractivity contribution in [2.24, 2.45) is 5.73 Å². The number of nitrogens with two attached hydrogens (primary N) is 1. The first-order chi connectivity index (χ1) is 7.86. The van der Waals surface area contributed by atoms with Crippen molar-refractivity contribution in [2.45, 2.75) is 43.1 Å². The van der Waals surface area contributed by atoms with E-state index in [2.05, 4.69) is 0 Å². The number of hydrogen-bond acceptors (Lipinski definition) is 7. The average molecular weight is 290 g/mol. The maximum absolute atomic E-state index is 9.35. The number of aliphatic hydroxyl groups is 6. The van der Waals surface area contributed by atoms with Gasteiger partial charge < -0.3 is 36.4 Å². The third kappa shape index (κ3) is 8.17.